The topological polar surface area (TPSA) is 53.6 Å². The van der Waals surface area contributed by atoms with E-state index in [9.17, 15) is 4.79 Å². The Morgan fingerprint density at radius 2 is 2.00 bits per heavy atom. The summed E-state index contributed by atoms with van der Waals surface area (Å²) in [5.41, 5.74) is 0.823. The zero-order chi connectivity index (χ0) is 14.8. The van der Waals surface area contributed by atoms with Crippen LogP contribution in [0.1, 0.15) is 6.92 Å². The van der Waals surface area contributed by atoms with E-state index in [1.165, 1.54) is 0 Å². The molecule has 0 saturated carbocycles. The SMILES string of the molecule is COCCN(C)CCNC(C)C(=O)Nc1ccccc1. The highest BCUT2D eigenvalue weighted by molar-refractivity contribution is 5.94. The molecule has 1 atom stereocenters. The number of benzene rings is 1. The predicted octanol–water partition coefficient (Wildman–Crippen LogP) is 1.18. The van der Waals surface area contributed by atoms with Gasteiger partial charge in [-0.15, -0.1) is 0 Å². The van der Waals surface area contributed by atoms with Crippen LogP contribution in [0.5, 0.6) is 0 Å². The first-order chi connectivity index (χ1) is 9.63. The van der Waals surface area contributed by atoms with E-state index in [0.717, 1.165) is 31.9 Å². The Hall–Kier alpha value is -1.43. The number of hydrogen-bond donors (Lipinski definition) is 2. The molecule has 1 rings (SSSR count). The van der Waals surface area contributed by atoms with Crippen molar-refractivity contribution in [3.8, 4) is 0 Å². The number of amides is 1. The first-order valence-electron chi connectivity index (χ1n) is 6.90. The third-order valence-electron chi connectivity index (χ3n) is 3.06. The van der Waals surface area contributed by atoms with Crippen molar-refractivity contribution in [1.82, 2.24) is 10.2 Å². The molecule has 1 unspecified atom stereocenters. The van der Waals surface area contributed by atoms with Crippen molar-refractivity contribution in [1.29, 1.82) is 0 Å². The normalized spacial score (nSPS) is 12.4. The molecule has 112 valence electrons. The summed E-state index contributed by atoms with van der Waals surface area (Å²) in [6.07, 6.45) is 0. The van der Waals surface area contributed by atoms with E-state index in [4.69, 9.17) is 4.74 Å². The summed E-state index contributed by atoms with van der Waals surface area (Å²) in [7, 11) is 3.73. The van der Waals surface area contributed by atoms with Gasteiger partial charge in [0.15, 0.2) is 0 Å². The Morgan fingerprint density at radius 3 is 2.65 bits per heavy atom. The predicted molar refractivity (Wildman–Crippen MR) is 81.9 cm³/mol. The largest absolute Gasteiger partial charge is 0.383 e. The third-order valence-corrected chi connectivity index (χ3v) is 3.06. The van der Waals surface area contributed by atoms with Gasteiger partial charge in [-0.2, -0.15) is 0 Å². The molecule has 1 amide bonds. The molecule has 20 heavy (non-hydrogen) atoms. The highest BCUT2D eigenvalue weighted by Gasteiger charge is 2.12. The lowest BCUT2D eigenvalue weighted by Crippen LogP contribution is -2.41. The number of carbonyl (C=O) groups excluding carboxylic acids is 1. The van der Waals surface area contributed by atoms with Gasteiger partial charge in [-0.25, -0.2) is 0 Å². The molecular weight excluding hydrogens is 254 g/mol. The zero-order valence-corrected chi connectivity index (χ0v) is 12.6. The van der Waals surface area contributed by atoms with Crippen LogP contribution >= 0.6 is 0 Å². The summed E-state index contributed by atoms with van der Waals surface area (Å²) in [6.45, 7) is 5.13. The summed E-state index contributed by atoms with van der Waals surface area (Å²) in [5.74, 6) is -0.0178. The molecule has 0 aliphatic carbocycles. The van der Waals surface area contributed by atoms with E-state index < -0.39 is 0 Å². The number of methoxy groups -OCH3 is 1. The molecule has 0 aliphatic rings. The highest BCUT2D eigenvalue weighted by Crippen LogP contribution is 2.05. The van der Waals surface area contributed by atoms with Crippen molar-refractivity contribution in [2.24, 2.45) is 0 Å². The maximum absolute atomic E-state index is 12.0. The van der Waals surface area contributed by atoms with Gasteiger partial charge in [0.1, 0.15) is 0 Å². The van der Waals surface area contributed by atoms with Crippen molar-refractivity contribution >= 4 is 11.6 Å². The summed E-state index contributed by atoms with van der Waals surface area (Å²) in [5, 5.41) is 6.09. The fraction of sp³-hybridized carbons (Fsp3) is 0.533. The first kappa shape index (κ1) is 16.6. The Kier molecular flexibility index (Phi) is 7.87. The van der Waals surface area contributed by atoms with Crippen LogP contribution in [0.2, 0.25) is 0 Å². The minimum Gasteiger partial charge on any atom is -0.383 e. The van der Waals surface area contributed by atoms with Gasteiger partial charge >= 0.3 is 0 Å². The maximum Gasteiger partial charge on any atom is 0.241 e. The molecule has 5 heteroatoms. The van der Waals surface area contributed by atoms with Gasteiger partial charge < -0.3 is 20.3 Å². The van der Waals surface area contributed by atoms with Crippen molar-refractivity contribution < 1.29 is 9.53 Å². The lowest BCUT2D eigenvalue weighted by molar-refractivity contribution is -0.117. The fourth-order valence-corrected chi connectivity index (χ4v) is 1.70. The monoisotopic (exact) mass is 279 g/mol. The number of nitrogens with one attached hydrogen (secondary N) is 2. The van der Waals surface area contributed by atoms with Crippen LogP contribution < -0.4 is 10.6 Å². The van der Waals surface area contributed by atoms with Gasteiger partial charge in [0.2, 0.25) is 5.91 Å². The van der Waals surface area contributed by atoms with Crippen LogP contribution in [0.3, 0.4) is 0 Å². The van der Waals surface area contributed by atoms with E-state index in [2.05, 4.69) is 15.5 Å². The van der Waals surface area contributed by atoms with Crippen LogP contribution in [0.15, 0.2) is 30.3 Å². The Labute approximate surface area is 121 Å². The molecule has 0 aliphatic heterocycles. The highest BCUT2D eigenvalue weighted by atomic mass is 16.5. The number of nitrogens with zero attached hydrogens (tertiary/aromatic N) is 1. The molecular formula is C15H25N3O2. The Bertz CT molecular complexity index is 384. The summed E-state index contributed by atoms with van der Waals surface area (Å²) in [4.78, 5) is 14.1. The maximum atomic E-state index is 12.0. The lowest BCUT2D eigenvalue weighted by atomic mass is 10.2. The van der Waals surface area contributed by atoms with Crippen molar-refractivity contribution in [2.75, 3.05) is 45.7 Å². The third kappa shape index (κ3) is 6.65. The van der Waals surface area contributed by atoms with Crippen molar-refractivity contribution in [2.45, 2.75) is 13.0 Å². The molecule has 0 heterocycles. The van der Waals surface area contributed by atoms with E-state index in [0.29, 0.717) is 0 Å². The van der Waals surface area contributed by atoms with Gasteiger partial charge in [0, 0.05) is 32.4 Å². The summed E-state index contributed by atoms with van der Waals surface area (Å²) >= 11 is 0. The van der Waals surface area contributed by atoms with Gasteiger partial charge in [0.25, 0.3) is 0 Å². The number of likely N-dealkylation sites (N-methyl/N-ethyl adjacent to an activating group) is 1. The van der Waals surface area contributed by atoms with Gasteiger partial charge in [-0.3, -0.25) is 4.79 Å². The average Bonchev–Trinajstić information content (AvgIpc) is 2.46. The number of para-hydroxylation sites is 1. The quantitative estimate of drug-likeness (QED) is 0.713. The molecule has 1 aromatic carbocycles. The molecule has 0 bridgehead atoms. The number of rotatable bonds is 9. The number of ether oxygens (including phenoxy) is 1. The molecule has 0 radical (unpaired) electrons. The molecule has 0 fully saturated rings. The van der Waals surface area contributed by atoms with Crippen LogP contribution in [0.4, 0.5) is 5.69 Å². The number of carbonyl (C=O) groups is 1. The van der Waals surface area contributed by atoms with Gasteiger partial charge in [-0.1, -0.05) is 18.2 Å². The molecule has 0 aromatic heterocycles. The van der Waals surface area contributed by atoms with Crippen LogP contribution in [0, 0.1) is 0 Å². The van der Waals surface area contributed by atoms with Gasteiger partial charge in [0.05, 0.1) is 12.6 Å². The molecule has 5 nitrogen and oxygen atoms in total. The van der Waals surface area contributed by atoms with Crippen LogP contribution in [-0.2, 0) is 9.53 Å². The first-order valence-corrected chi connectivity index (χ1v) is 6.90. The smallest absolute Gasteiger partial charge is 0.241 e. The standard InChI is InChI=1S/C15H25N3O2/c1-13(16-9-10-18(2)11-12-20-3)15(19)17-14-7-5-4-6-8-14/h4-8,13,16H,9-12H2,1-3H3,(H,17,19). The second-order valence-electron chi connectivity index (χ2n) is 4.83. The Morgan fingerprint density at radius 1 is 1.30 bits per heavy atom. The van der Waals surface area contributed by atoms with Crippen LogP contribution in [0.25, 0.3) is 0 Å². The average molecular weight is 279 g/mol. The van der Waals surface area contributed by atoms with Crippen molar-refractivity contribution in [3.05, 3.63) is 30.3 Å². The van der Waals surface area contributed by atoms with Crippen molar-refractivity contribution in [3.63, 3.8) is 0 Å². The van der Waals surface area contributed by atoms with Crippen LogP contribution in [-0.4, -0.2) is 57.2 Å². The minimum atomic E-state index is -0.217. The lowest BCUT2D eigenvalue weighted by Gasteiger charge is -2.18. The molecule has 0 saturated heterocycles. The van der Waals surface area contributed by atoms with E-state index in [-0.39, 0.29) is 11.9 Å². The minimum absolute atomic E-state index is 0.0178. The molecule has 1 aromatic rings. The summed E-state index contributed by atoms with van der Waals surface area (Å²) < 4.78 is 5.02. The van der Waals surface area contributed by atoms with E-state index in [1.807, 2.05) is 44.3 Å². The second-order valence-corrected chi connectivity index (χ2v) is 4.83. The fourth-order valence-electron chi connectivity index (χ4n) is 1.70. The molecule has 2 N–H and O–H groups in total. The van der Waals surface area contributed by atoms with E-state index in [1.54, 1.807) is 7.11 Å². The summed E-state index contributed by atoms with van der Waals surface area (Å²) in [6, 6.07) is 9.27. The van der Waals surface area contributed by atoms with Gasteiger partial charge in [-0.05, 0) is 26.1 Å². The number of anilines is 1. The number of hydrogen-bond acceptors (Lipinski definition) is 4. The second kappa shape index (κ2) is 9.47. The molecule has 0 spiro atoms. The zero-order valence-electron chi connectivity index (χ0n) is 12.6. The Balaban J connectivity index is 2.21. The van der Waals surface area contributed by atoms with E-state index >= 15 is 0 Å².